The molecule has 1 aliphatic rings. The third kappa shape index (κ3) is 5.06. The largest absolute Gasteiger partial charge is 0.456 e. The molecule has 0 saturated heterocycles. The predicted molar refractivity (Wildman–Crippen MR) is 249 cm³/mol. The van der Waals surface area contributed by atoms with E-state index in [0.717, 1.165) is 44.6 Å². The third-order valence-corrected chi connectivity index (χ3v) is 12.9. The Kier molecular flexibility index (Phi) is 7.31. The predicted octanol–water partition coefficient (Wildman–Crippen LogP) is 16.2. The lowest BCUT2D eigenvalue weighted by Crippen LogP contribution is -2.17. The zero-order valence-electron chi connectivity index (χ0n) is 32.9. The minimum absolute atomic E-state index is 0.155. The molecule has 12 rings (SSSR count). The van der Waals surface area contributed by atoms with Crippen LogP contribution in [0.25, 0.3) is 87.6 Å². The van der Waals surface area contributed by atoms with Crippen LogP contribution in [0, 0.1) is 0 Å². The van der Waals surface area contributed by atoms with E-state index >= 15 is 0 Å². The summed E-state index contributed by atoms with van der Waals surface area (Å²) in [6.07, 6.45) is 0. The highest BCUT2D eigenvalue weighted by atomic mass is 16.3. The molecule has 59 heavy (non-hydrogen) atoms. The lowest BCUT2D eigenvalue weighted by Gasteiger charge is -2.30. The van der Waals surface area contributed by atoms with Crippen molar-refractivity contribution in [2.75, 3.05) is 4.90 Å². The number of nitrogens with zero attached hydrogens (tertiary/aromatic N) is 1. The van der Waals surface area contributed by atoms with E-state index in [9.17, 15) is 0 Å². The highest BCUT2D eigenvalue weighted by Crippen LogP contribution is 2.53. The fraction of sp³-hybridized carbons (Fsp3) is 0.0526. The van der Waals surface area contributed by atoms with Crippen LogP contribution < -0.4 is 4.90 Å². The number of anilines is 3. The molecule has 0 amide bonds. The Morgan fingerprint density at radius 2 is 1.02 bits per heavy atom. The first-order valence-electron chi connectivity index (χ1n) is 20.5. The normalized spacial score (nSPS) is 13.1. The molecule has 0 unspecified atom stereocenters. The first-order valence-corrected chi connectivity index (χ1v) is 20.5. The maximum Gasteiger partial charge on any atom is 0.136 e. The highest BCUT2D eigenvalue weighted by molar-refractivity contribution is 6.19. The van der Waals surface area contributed by atoms with Crippen molar-refractivity contribution in [1.82, 2.24) is 0 Å². The number of para-hydroxylation sites is 1. The van der Waals surface area contributed by atoms with E-state index in [-0.39, 0.29) is 5.41 Å². The summed E-state index contributed by atoms with van der Waals surface area (Å²) < 4.78 is 6.61. The highest BCUT2D eigenvalue weighted by Gasteiger charge is 2.36. The van der Waals surface area contributed by atoms with Crippen LogP contribution in [0.4, 0.5) is 17.1 Å². The molecule has 0 fully saturated rings. The summed E-state index contributed by atoms with van der Waals surface area (Å²) in [5.41, 5.74) is 15.0. The molecule has 11 aromatic rings. The molecule has 1 heterocycles. The van der Waals surface area contributed by atoms with Crippen LogP contribution in [-0.4, -0.2) is 0 Å². The van der Waals surface area contributed by atoms with E-state index in [2.05, 4.69) is 219 Å². The molecule has 0 bridgehead atoms. The van der Waals surface area contributed by atoms with E-state index in [4.69, 9.17) is 4.42 Å². The van der Waals surface area contributed by atoms with E-state index in [1.807, 2.05) is 0 Å². The van der Waals surface area contributed by atoms with E-state index in [1.54, 1.807) is 0 Å². The van der Waals surface area contributed by atoms with Gasteiger partial charge in [-0.2, -0.15) is 0 Å². The monoisotopic (exact) mass is 753 g/mol. The number of hydrogen-bond acceptors (Lipinski definition) is 2. The fourth-order valence-electron chi connectivity index (χ4n) is 10.0. The fourth-order valence-corrected chi connectivity index (χ4v) is 10.0. The molecule has 278 valence electrons. The van der Waals surface area contributed by atoms with Gasteiger partial charge in [0.2, 0.25) is 0 Å². The molecule has 2 heteroatoms. The van der Waals surface area contributed by atoms with Gasteiger partial charge >= 0.3 is 0 Å². The Balaban J connectivity index is 1.13. The van der Waals surface area contributed by atoms with Gasteiger partial charge in [0.25, 0.3) is 0 Å². The standard InChI is InChI=1S/C57H39NO/c1-57(2)50-24-11-9-21-45(50)46-31-30-40(35-51(46)57)58(39-28-26-37(27-29-39)49-34-38-15-4-6-18-42(38)43-19-7-8-20-44(43)49)52-32-33-54-56(48-22-10-12-25-53(48)59-54)55(52)47-23-13-16-36-14-3-5-17-41(36)47/h3-35H,1-2H3. The smallest absolute Gasteiger partial charge is 0.136 e. The summed E-state index contributed by atoms with van der Waals surface area (Å²) in [6.45, 7) is 4.72. The number of rotatable bonds is 5. The minimum atomic E-state index is -0.155. The Morgan fingerprint density at radius 1 is 0.390 bits per heavy atom. The van der Waals surface area contributed by atoms with Gasteiger partial charge in [0.1, 0.15) is 11.2 Å². The Bertz CT molecular complexity index is 3470. The topological polar surface area (TPSA) is 16.4 Å². The van der Waals surface area contributed by atoms with Crippen molar-refractivity contribution < 1.29 is 4.42 Å². The van der Waals surface area contributed by atoms with Crippen molar-refractivity contribution in [2.24, 2.45) is 0 Å². The second kappa shape index (κ2) is 12.8. The van der Waals surface area contributed by atoms with Gasteiger partial charge in [0.15, 0.2) is 0 Å². The van der Waals surface area contributed by atoms with Gasteiger partial charge in [-0.1, -0.05) is 166 Å². The lowest BCUT2D eigenvalue weighted by atomic mass is 9.82. The average molecular weight is 754 g/mol. The van der Waals surface area contributed by atoms with E-state index in [1.165, 1.54) is 71.3 Å². The first-order chi connectivity index (χ1) is 29.0. The van der Waals surface area contributed by atoms with Crippen LogP contribution in [0.2, 0.25) is 0 Å². The number of furan rings is 1. The second-order valence-electron chi connectivity index (χ2n) is 16.4. The number of hydrogen-bond donors (Lipinski definition) is 0. The van der Waals surface area contributed by atoms with Crippen LogP contribution in [0.3, 0.4) is 0 Å². The Hall–Kier alpha value is -7.42. The second-order valence-corrected chi connectivity index (χ2v) is 16.4. The summed E-state index contributed by atoms with van der Waals surface area (Å²) in [4.78, 5) is 2.47. The molecule has 0 aliphatic heterocycles. The molecule has 0 atom stereocenters. The Morgan fingerprint density at radius 3 is 1.86 bits per heavy atom. The van der Waals surface area contributed by atoms with Gasteiger partial charge in [-0.05, 0) is 120 Å². The summed E-state index contributed by atoms with van der Waals surface area (Å²) >= 11 is 0. The molecule has 1 aliphatic carbocycles. The van der Waals surface area contributed by atoms with Crippen molar-refractivity contribution in [1.29, 1.82) is 0 Å². The van der Waals surface area contributed by atoms with Crippen LogP contribution in [0.5, 0.6) is 0 Å². The molecule has 2 nitrogen and oxygen atoms in total. The van der Waals surface area contributed by atoms with Crippen molar-refractivity contribution in [3.8, 4) is 33.4 Å². The van der Waals surface area contributed by atoms with E-state index < -0.39 is 0 Å². The first kappa shape index (κ1) is 33.7. The molecular formula is C57H39NO. The quantitative estimate of drug-likeness (QED) is 0.163. The van der Waals surface area contributed by atoms with Gasteiger partial charge in [-0.25, -0.2) is 0 Å². The summed E-state index contributed by atoms with van der Waals surface area (Å²) in [5.74, 6) is 0. The molecule has 10 aromatic carbocycles. The van der Waals surface area contributed by atoms with Gasteiger partial charge in [0, 0.05) is 33.1 Å². The summed E-state index contributed by atoms with van der Waals surface area (Å²) in [7, 11) is 0. The average Bonchev–Trinajstić information content (AvgIpc) is 3.78. The number of fused-ring (bicyclic) bond motifs is 10. The third-order valence-electron chi connectivity index (χ3n) is 12.9. The van der Waals surface area contributed by atoms with Gasteiger partial charge in [-0.3, -0.25) is 0 Å². The zero-order valence-corrected chi connectivity index (χ0v) is 32.9. The zero-order chi connectivity index (χ0) is 39.2. The SMILES string of the molecule is CC1(C)c2ccccc2-c2ccc(N(c3ccc(-c4cc5ccccc5c5ccccc45)cc3)c3ccc4oc5ccccc5c4c3-c3cccc4ccccc34)cc21. The van der Waals surface area contributed by atoms with Crippen LogP contribution in [0.15, 0.2) is 205 Å². The maximum absolute atomic E-state index is 6.61. The Labute approximate surface area is 343 Å². The van der Waals surface area contributed by atoms with E-state index in [0.29, 0.717) is 0 Å². The van der Waals surface area contributed by atoms with Crippen LogP contribution in [-0.2, 0) is 5.41 Å². The van der Waals surface area contributed by atoms with Crippen molar-refractivity contribution in [2.45, 2.75) is 19.3 Å². The lowest BCUT2D eigenvalue weighted by molar-refractivity contribution is 0.660. The van der Waals surface area contributed by atoms with Crippen molar-refractivity contribution >= 4 is 71.3 Å². The molecule has 0 N–H and O–H groups in total. The number of benzene rings is 10. The van der Waals surface area contributed by atoms with Crippen molar-refractivity contribution in [3.63, 3.8) is 0 Å². The van der Waals surface area contributed by atoms with Gasteiger partial charge in [0.05, 0.1) is 5.69 Å². The van der Waals surface area contributed by atoms with Crippen LogP contribution >= 0.6 is 0 Å². The van der Waals surface area contributed by atoms with Crippen molar-refractivity contribution in [3.05, 3.63) is 211 Å². The van der Waals surface area contributed by atoms with Crippen LogP contribution in [0.1, 0.15) is 25.0 Å². The summed E-state index contributed by atoms with van der Waals surface area (Å²) in [6, 6.07) is 73.3. The molecule has 0 radical (unpaired) electrons. The van der Waals surface area contributed by atoms with Gasteiger partial charge in [-0.15, -0.1) is 0 Å². The molecule has 0 saturated carbocycles. The minimum Gasteiger partial charge on any atom is -0.456 e. The molecule has 0 spiro atoms. The molecule has 1 aromatic heterocycles. The summed E-state index contributed by atoms with van der Waals surface area (Å²) in [5, 5.41) is 9.69. The molecular weight excluding hydrogens is 715 g/mol. The maximum atomic E-state index is 6.61. The van der Waals surface area contributed by atoms with Gasteiger partial charge < -0.3 is 9.32 Å².